The minimum Gasteiger partial charge on any atom is -0.357 e. The maximum Gasteiger partial charge on any atom is 0.251 e. The van der Waals surface area contributed by atoms with Crippen LogP contribution in [0.3, 0.4) is 0 Å². The summed E-state index contributed by atoms with van der Waals surface area (Å²) in [6.45, 7) is 2.68. The maximum atomic E-state index is 12.2. The lowest BCUT2D eigenvalue weighted by atomic mass is 10.2. The van der Waals surface area contributed by atoms with Crippen molar-refractivity contribution in [3.8, 4) is 0 Å². The Kier molecular flexibility index (Phi) is 6.34. The van der Waals surface area contributed by atoms with Crippen LogP contribution < -0.4 is 10.2 Å². The van der Waals surface area contributed by atoms with Crippen LogP contribution in [0.1, 0.15) is 41.6 Å². The average molecular weight is 356 g/mol. The maximum absolute atomic E-state index is 12.2. The molecule has 0 radical (unpaired) electrons. The molecule has 0 atom stereocenters. The molecule has 1 saturated heterocycles. The van der Waals surface area contributed by atoms with Gasteiger partial charge in [0.1, 0.15) is 5.82 Å². The quantitative estimate of drug-likeness (QED) is 0.820. The highest BCUT2D eigenvalue weighted by Crippen LogP contribution is 2.18. The zero-order chi connectivity index (χ0) is 17.5. The molecule has 0 bridgehead atoms. The second-order valence-corrected chi connectivity index (χ2v) is 7.22. The van der Waals surface area contributed by atoms with Crippen molar-refractivity contribution in [2.45, 2.75) is 37.1 Å². The van der Waals surface area contributed by atoms with Crippen LogP contribution in [-0.2, 0) is 6.54 Å². The summed E-state index contributed by atoms with van der Waals surface area (Å²) in [6, 6.07) is 11.8. The highest BCUT2D eigenvalue weighted by Gasteiger charge is 2.11. The van der Waals surface area contributed by atoms with Crippen LogP contribution in [0.15, 0.2) is 47.5 Å². The molecule has 3 rings (SSSR count). The van der Waals surface area contributed by atoms with Gasteiger partial charge in [-0.25, -0.2) is 4.98 Å². The van der Waals surface area contributed by atoms with E-state index in [1.807, 2.05) is 36.7 Å². The number of carbonyl (C=O) groups is 1. The van der Waals surface area contributed by atoms with Crippen molar-refractivity contribution in [1.82, 2.24) is 10.3 Å². The number of carbonyl (C=O) groups excluding carboxylic acids is 1. The van der Waals surface area contributed by atoms with Gasteiger partial charge in [0.15, 0.2) is 0 Å². The smallest absolute Gasteiger partial charge is 0.251 e. The molecule has 132 valence electrons. The van der Waals surface area contributed by atoms with Crippen molar-refractivity contribution in [3.63, 3.8) is 0 Å². The molecule has 0 saturated carbocycles. The highest BCUT2D eigenvalue weighted by molar-refractivity contribution is 7.98. The first-order valence-corrected chi connectivity index (χ1v) is 10.1. The van der Waals surface area contributed by atoms with Gasteiger partial charge in [0, 0.05) is 36.3 Å². The van der Waals surface area contributed by atoms with Crippen LogP contribution in [0.5, 0.6) is 0 Å². The molecular formula is C20H25N3OS. The number of amides is 1. The van der Waals surface area contributed by atoms with E-state index < -0.39 is 0 Å². The lowest BCUT2D eigenvalue weighted by Crippen LogP contribution is -2.25. The summed E-state index contributed by atoms with van der Waals surface area (Å²) >= 11 is 1.67. The molecule has 1 aliphatic heterocycles. The third-order valence-electron chi connectivity index (χ3n) is 4.54. The topological polar surface area (TPSA) is 45.2 Å². The summed E-state index contributed by atoms with van der Waals surface area (Å²) in [5.74, 6) is 0.994. The first-order chi connectivity index (χ1) is 12.3. The number of nitrogens with zero attached hydrogens (tertiary/aromatic N) is 2. The number of hydrogen-bond acceptors (Lipinski definition) is 4. The van der Waals surface area contributed by atoms with E-state index >= 15 is 0 Å². The van der Waals surface area contributed by atoms with Crippen molar-refractivity contribution in [3.05, 3.63) is 53.7 Å². The van der Waals surface area contributed by atoms with Gasteiger partial charge in [-0.1, -0.05) is 18.9 Å². The van der Waals surface area contributed by atoms with Crippen LogP contribution >= 0.6 is 11.8 Å². The summed E-state index contributed by atoms with van der Waals surface area (Å²) in [5.41, 5.74) is 1.71. The van der Waals surface area contributed by atoms with Crippen molar-refractivity contribution < 1.29 is 4.79 Å². The first kappa shape index (κ1) is 17.8. The molecule has 1 aromatic carbocycles. The molecule has 1 N–H and O–H groups in total. The van der Waals surface area contributed by atoms with Gasteiger partial charge < -0.3 is 10.2 Å². The predicted octanol–water partition coefficient (Wildman–Crippen LogP) is 4.11. The fourth-order valence-corrected chi connectivity index (χ4v) is 3.44. The largest absolute Gasteiger partial charge is 0.357 e. The van der Waals surface area contributed by atoms with Crippen molar-refractivity contribution in [2.24, 2.45) is 0 Å². The number of benzene rings is 1. The number of aromatic nitrogens is 1. The van der Waals surface area contributed by atoms with Crippen molar-refractivity contribution >= 4 is 23.5 Å². The molecule has 4 nitrogen and oxygen atoms in total. The Balaban J connectivity index is 1.54. The van der Waals surface area contributed by atoms with Gasteiger partial charge in [-0.2, -0.15) is 0 Å². The van der Waals surface area contributed by atoms with Gasteiger partial charge in [-0.15, -0.1) is 11.8 Å². The zero-order valence-corrected chi connectivity index (χ0v) is 15.5. The minimum absolute atomic E-state index is 0.0516. The zero-order valence-electron chi connectivity index (χ0n) is 14.7. The average Bonchev–Trinajstić information content (AvgIpc) is 2.96. The number of anilines is 1. The Labute approximate surface area is 154 Å². The van der Waals surface area contributed by atoms with E-state index in [2.05, 4.69) is 27.3 Å². The molecule has 2 heterocycles. The highest BCUT2D eigenvalue weighted by atomic mass is 32.2. The van der Waals surface area contributed by atoms with Gasteiger partial charge in [0.2, 0.25) is 0 Å². The van der Waals surface area contributed by atoms with E-state index in [4.69, 9.17) is 0 Å². The number of hydrogen-bond donors (Lipinski definition) is 1. The van der Waals surface area contributed by atoms with E-state index in [0.29, 0.717) is 12.1 Å². The molecule has 1 aromatic heterocycles. The molecule has 2 aromatic rings. The molecule has 0 unspecified atom stereocenters. The van der Waals surface area contributed by atoms with Crippen LogP contribution in [0.2, 0.25) is 0 Å². The van der Waals surface area contributed by atoms with Crippen LogP contribution in [-0.4, -0.2) is 30.2 Å². The first-order valence-electron chi connectivity index (χ1n) is 8.88. The molecule has 1 fully saturated rings. The van der Waals surface area contributed by atoms with E-state index in [-0.39, 0.29) is 5.91 Å². The minimum atomic E-state index is -0.0516. The molecule has 5 heteroatoms. The molecule has 0 aliphatic carbocycles. The van der Waals surface area contributed by atoms with E-state index in [0.717, 1.165) is 29.4 Å². The third-order valence-corrected chi connectivity index (χ3v) is 5.29. The van der Waals surface area contributed by atoms with Gasteiger partial charge in [0.25, 0.3) is 5.91 Å². The summed E-state index contributed by atoms with van der Waals surface area (Å²) in [7, 11) is 0. The second-order valence-electron chi connectivity index (χ2n) is 6.34. The van der Waals surface area contributed by atoms with Gasteiger partial charge in [0.05, 0.1) is 0 Å². The van der Waals surface area contributed by atoms with Crippen LogP contribution in [0, 0.1) is 0 Å². The lowest BCUT2D eigenvalue weighted by Gasteiger charge is -2.21. The summed E-state index contributed by atoms with van der Waals surface area (Å²) in [6.07, 6.45) is 9.02. The lowest BCUT2D eigenvalue weighted by molar-refractivity contribution is 0.0951. The normalized spacial score (nSPS) is 14.8. The number of rotatable bonds is 5. The second kappa shape index (κ2) is 8.90. The Hall–Kier alpha value is -2.01. The standard InChI is InChI=1S/C20H25N3OS/c1-25-18-9-7-17(8-10-18)20(24)22-15-16-6-11-19(21-14-16)23-12-4-2-3-5-13-23/h6-11,14H,2-5,12-13,15H2,1H3,(H,22,24). The Bertz CT molecular complexity index is 677. The Morgan fingerprint density at radius 1 is 1.08 bits per heavy atom. The third kappa shape index (κ3) is 4.98. The molecule has 0 spiro atoms. The van der Waals surface area contributed by atoms with Crippen LogP contribution in [0.25, 0.3) is 0 Å². The van der Waals surface area contributed by atoms with E-state index in [1.54, 1.807) is 11.8 Å². The van der Waals surface area contributed by atoms with Crippen molar-refractivity contribution in [2.75, 3.05) is 24.2 Å². The Morgan fingerprint density at radius 2 is 1.80 bits per heavy atom. The van der Waals surface area contributed by atoms with Gasteiger partial charge in [-0.3, -0.25) is 4.79 Å². The molecule has 25 heavy (non-hydrogen) atoms. The SMILES string of the molecule is CSc1ccc(C(=O)NCc2ccc(N3CCCCCC3)nc2)cc1. The number of thioether (sulfide) groups is 1. The van der Waals surface area contributed by atoms with Crippen LogP contribution in [0.4, 0.5) is 5.82 Å². The number of nitrogens with one attached hydrogen (secondary N) is 1. The summed E-state index contributed by atoms with van der Waals surface area (Å²) < 4.78 is 0. The molecule has 1 amide bonds. The molecular weight excluding hydrogens is 330 g/mol. The summed E-state index contributed by atoms with van der Waals surface area (Å²) in [4.78, 5) is 20.3. The number of pyridine rings is 1. The fourth-order valence-electron chi connectivity index (χ4n) is 3.03. The molecule has 1 aliphatic rings. The van der Waals surface area contributed by atoms with Crippen molar-refractivity contribution in [1.29, 1.82) is 0 Å². The summed E-state index contributed by atoms with van der Waals surface area (Å²) in [5, 5.41) is 2.96. The predicted molar refractivity (Wildman–Crippen MR) is 104 cm³/mol. The van der Waals surface area contributed by atoms with Gasteiger partial charge in [-0.05, 0) is 55.0 Å². The fraction of sp³-hybridized carbons (Fsp3) is 0.400. The Morgan fingerprint density at radius 3 is 2.40 bits per heavy atom. The van der Waals surface area contributed by atoms with Gasteiger partial charge >= 0.3 is 0 Å². The van der Waals surface area contributed by atoms with E-state index in [9.17, 15) is 4.79 Å². The monoisotopic (exact) mass is 355 g/mol. The van der Waals surface area contributed by atoms with E-state index in [1.165, 1.54) is 25.7 Å².